The monoisotopic (exact) mass is 83.1 g/mol. The molecule has 0 saturated carbocycles. The number of hydrogen-bond acceptors (Lipinski definition) is 0. The molecule has 32 valence electrons. The van der Waals surface area contributed by atoms with Gasteiger partial charge in [-0.05, 0) is 6.92 Å². The molecule has 0 aromatic rings. The summed E-state index contributed by atoms with van der Waals surface area (Å²) in [5, 5.41) is 0. The first kappa shape index (κ1) is 3.42. The molecule has 0 saturated heterocycles. The second-order valence-corrected chi connectivity index (χ2v) is 0.947. The summed E-state index contributed by atoms with van der Waals surface area (Å²) in [5.74, 6) is 0. The van der Waals surface area contributed by atoms with Gasteiger partial charge in [0.15, 0.2) is 5.70 Å². The predicted molar refractivity (Wildman–Crippen MR) is 26.0 cm³/mol. The molecule has 1 nitrogen and oxygen atoms in total. The van der Waals surface area contributed by atoms with E-state index in [1.54, 1.807) is 13.8 Å². The van der Waals surface area contributed by atoms with Crippen molar-refractivity contribution in [2.75, 3.05) is 0 Å². The Morgan fingerprint density at radius 3 is 2.67 bits per heavy atom. The van der Waals surface area contributed by atoms with Crippen LogP contribution in [0.1, 0.15) is 15.2 Å². The van der Waals surface area contributed by atoms with Gasteiger partial charge in [0.05, 0.1) is 6.57 Å². The second-order valence-electron chi connectivity index (χ2n) is 0.947. The minimum atomic E-state index is 0.356. The molecular formula is C5H7N. The van der Waals surface area contributed by atoms with E-state index in [1.165, 1.54) is 0 Å². The second kappa shape index (κ2) is 2.47. The number of nitrogens with zero attached hydrogens (tertiary/aromatic N) is 1. The van der Waals surface area contributed by atoms with Crippen molar-refractivity contribution in [2.24, 2.45) is 0 Å². The van der Waals surface area contributed by atoms with Crippen molar-refractivity contribution in [3.63, 3.8) is 0 Å². The van der Waals surface area contributed by atoms with Gasteiger partial charge in [-0.2, -0.15) is 0 Å². The Hall–Kier alpha value is -0.770. The Bertz CT molecular complexity index is 126. The van der Waals surface area contributed by atoms with E-state index in [0.29, 0.717) is 11.7 Å². The normalized spacial score (nSPS) is 14.5. The van der Waals surface area contributed by atoms with E-state index in [9.17, 15) is 0 Å². The number of allylic oxidation sites excluding steroid dienone is 2. The van der Waals surface area contributed by atoms with Crippen LogP contribution in [-0.4, -0.2) is 0 Å². The maximum atomic E-state index is 6.85. The van der Waals surface area contributed by atoms with Crippen molar-refractivity contribution in [3.05, 3.63) is 23.2 Å². The highest BCUT2D eigenvalue weighted by atomic mass is 14.6. The van der Waals surface area contributed by atoms with Crippen molar-refractivity contribution in [3.8, 4) is 0 Å². The molecule has 0 aliphatic heterocycles. The lowest BCUT2D eigenvalue weighted by molar-refractivity contribution is 1.48. The summed E-state index contributed by atoms with van der Waals surface area (Å²) in [7, 11) is 0. The largest absolute Gasteiger partial charge is 0.243 e. The highest BCUT2D eigenvalue weighted by Crippen LogP contribution is 1.88. The van der Waals surface area contributed by atoms with E-state index in [2.05, 4.69) is 4.85 Å². The Labute approximate surface area is 39.5 Å². The summed E-state index contributed by atoms with van der Waals surface area (Å²) in [4.78, 5) is 3.03. The summed E-state index contributed by atoms with van der Waals surface area (Å²) in [6.07, 6.45) is 0. The summed E-state index contributed by atoms with van der Waals surface area (Å²) in [5.41, 5.74) is 0.472. The van der Waals surface area contributed by atoms with Gasteiger partial charge in [-0.1, -0.05) is 13.0 Å². The van der Waals surface area contributed by atoms with E-state index in [4.69, 9.17) is 7.94 Å². The average molecular weight is 83.1 g/mol. The van der Waals surface area contributed by atoms with Crippen LogP contribution in [0.2, 0.25) is 0 Å². The van der Waals surface area contributed by atoms with E-state index in [0.717, 1.165) is 0 Å². The molecule has 0 spiro atoms. The molecule has 0 aliphatic rings. The Kier molecular flexibility index (Phi) is 1.41. The van der Waals surface area contributed by atoms with Gasteiger partial charge in [0.25, 0.3) is 0 Å². The van der Waals surface area contributed by atoms with Crippen LogP contribution in [0.15, 0.2) is 11.7 Å². The SMILES string of the molecule is [3H]C(C)=C(C)[N+]#[C-]. The third-order valence-electron chi connectivity index (χ3n) is 0.530. The van der Waals surface area contributed by atoms with Crippen LogP contribution in [0, 0.1) is 6.57 Å². The van der Waals surface area contributed by atoms with Gasteiger partial charge in [-0.3, -0.25) is 0 Å². The molecule has 6 heavy (non-hydrogen) atoms. The lowest BCUT2D eigenvalue weighted by atomic mass is 10.5. The van der Waals surface area contributed by atoms with Crippen LogP contribution in [0.3, 0.4) is 0 Å². The van der Waals surface area contributed by atoms with Gasteiger partial charge in [0, 0.05) is 1.37 Å². The molecule has 0 atom stereocenters. The van der Waals surface area contributed by atoms with Crippen LogP contribution < -0.4 is 0 Å². The van der Waals surface area contributed by atoms with Crippen molar-refractivity contribution in [1.82, 2.24) is 0 Å². The van der Waals surface area contributed by atoms with E-state index in [-0.39, 0.29) is 0 Å². The lowest BCUT2D eigenvalue weighted by Crippen LogP contribution is -1.53. The van der Waals surface area contributed by atoms with E-state index < -0.39 is 0 Å². The molecule has 0 N–H and O–H groups in total. The zero-order chi connectivity index (χ0) is 5.86. The third-order valence-corrected chi connectivity index (χ3v) is 0.530. The minimum absolute atomic E-state index is 0.356. The van der Waals surface area contributed by atoms with E-state index in [1.807, 2.05) is 0 Å². The molecule has 0 fully saturated rings. The summed E-state index contributed by atoms with van der Waals surface area (Å²) in [6, 6.07) is 0.356. The maximum absolute atomic E-state index is 6.85. The smallest absolute Gasteiger partial charge is 0.158 e. The van der Waals surface area contributed by atoms with E-state index >= 15 is 0 Å². The lowest BCUT2D eigenvalue weighted by Gasteiger charge is -1.71. The highest BCUT2D eigenvalue weighted by Gasteiger charge is 1.71. The molecule has 0 heterocycles. The summed E-state index contributed by atoms with van der Waals surface area (Å²) in [6.45, 7) is 9.62. The predicted octanol–water partition coefficient (Wildman–Crippen LogP) is 1.83. The van der Waals surface area contributed by atoms with Gasteiger partial charge in [-0.25, -0.2) is 4.85 Å². The first-order valence-corrected chi connectivity index (χ1v) is 1.70. The Morgan fingerprint density at radius 1 is 2.17 bits per heavy atom. The number of hydrogen-bond donors (Lipinski definition) is 0. The first-order chi connectivity index (χ1) is 3.18. The van der Waals surface area contributed by atoms with Crippen LogP contribution in [-0.2, 0) is 0 Å². The van der Waals surface area contributed by atoms with Crippen LogP contribution in [0.25, 0.3) is 4.85 Å². The zero-order valence-corrected chi connectivity index (χ0v) is 3.95. The summed E-state index contributed by atoms with van der Waals surface area (Å²) < 4.78 is 6.85. The zero-order valence-electron chi connectivity index (χ0n) is 4.95. The molecule has 0 amide bonds. The van der Waals surface area contributed by atoms with Gasteiger partial charge in [0.1, 0.15) is 0 Å². The van der Waals surface area contributed by atoms with Gasteiger partial charge in [0.2, 0.25) is 0 Å². The fourth-order valence-corrected chi connectivity index (χ4v) is 0.0559. The Morgan fingerprint density at radius 2 is 2.67 bits per heavy atom. The molecule has 0 rings (SSSR count). The molecule has 0 radical (unpaired) electrons. The molecule has 0 aromatic heterocycles. The third kappa shape index (κ3) is 1.54. The van der Waals surface area contributed by atoms with Crippen LogP contribution in [0.4, 0.5) is 0 Å². The van der Waals surface area contributed by atoms with Gasteiger partial charge < -0.3 is 0 Å². The molecule has 0 unspecified atom stereocenters. The highest BCUT2D eigenvalue weighted by molar-refractivity contribution is 5.03. The van der Waals surface area contributed by atoms with Gasteiger partial charge in [-0.15, -0.1) is 0 Å². The molecular weight excluding hydrogens is 74.1 g/mol. The minimum Gasteiger partial charge on any atom is -0.243 e. The molecule has 0 aliphatic carbocycles. The van der Waals surface area contributed by atoms with Crippen molar-refractivity contribution < 1.29 is 1.37 Å². The van der Waals surface area contributed by atoms with Crippen LogP contribution >= 0.6 is 0 Å². The summed E-state index contributed by atoms with van der Waals surface area (Å²) >= 11 is 0. The van der Waals surface area contributed by atoms with Crippen molar-refractivity contribution >= 4 is 0 Å². The van der Waals surface area contributed by atoms with Crippen molar-refractivity contribution in [1.29, 1.82) is 0 Å². The number of rotatable bonds is 0. The van der Waals surface area contributed by atoms with Crippen LogP contribution in [0.5, 0.6) is 0 Å². The molecule has 0 bridgehead atoms. The quantitative estimate of drug-likeness (QED) is 0.393. The standard InChI is InChI=1S/C5H7N/c1-4-5(2)6-3/h4H,1-2H3/i4T. The topological polar surface area (TPSA) is 4.36 Å². The molecule has 1 heteroatoms. The average Bonchev–Trinajstić information content (AvgIpc) is 1.65. The fourth-order valence-electron chi connectivity index (χ4n) is 0.0559. The fraction of sp³-hybridized carbons (Fsp3) is 0.400. The Balaban J connectivity index is 4.07. The first-order valence-electron chi connectivity index (χ1n) is 2.20. The van der Waals surface area contributed by atoms with Crippen molar-refractivity contribution in [2.45, 2.75) is 13.8 Å². The van der Waals surface area contributed by atoms with Gasteiger partial charge >= 0.3 is 0 Å². The maximum Gasteiger partial charge on any atom is 0.158 e. The molecule has 0 aromatic carbocycles.